The molecule has 2 N–H and O–H groups in total. The number of aromatic nitrogens is 6. The van der Waals surface area contributed by atoms with Gasteiger partial charge in [-0.15, -0.1) is 0 Å². The molecule has 0 fully saturated rings. The van der Waals surface area contributed by atoms with Crippen LogP contribution in [0.5, 0.6) is 0 Å². The molecule has 0 atom stereocenters. The van der Waals surface area contributed by atoms with Gasteiger partial charge in [0.05, 0.1) is 36.7 Å². The van der Waals surface area contributed by atoms with Crippen LogP contribution in [-0.2, 0) is 17.8 Å². The third kappa shape index (κ3) is 4.58. The maximum atomic E-state index is 8.99. The van der Waals surface area contributed by atoms with E-state index in [-0.39, 0.29) is 6.61 Å². The molecule has 0 radical (unpaired) electrons. The van der Waals surface area contributed by atoms with E-state index in [1.165, 1.54) is 0 Å². The van der Waals surface area contributed by atoms with Gasteiger partial charge in [-0.3, -0.25) is 9.36 Å². The van der Waals surface area contributed by atoms with E-state index in [0.29, 0.717) is 12.5 Å². The number of aliphatic hydroxyl groups is 1. The fraction of sp³-hybridized carbons (Fsp3) is 0.300. The molecule has 29 heavy (non-hydrogen) atoms. The fourth-order valence-electron chi connectivity index (χ4n) is 3.05. The van der Waals surface area contributed by atoms with Crippen molar-refractivity contribution in [3.05, 3.63) is 49.2 Å². The van der Waals surface area contributed by atoms with Gasteiger partial charge in [0.25, 0.3) is 0 Å². The summed E-state index contributed by atoms with van der Waals surface area (Å²) >= 11 is 0. The number of fused-ring (bicyclic) bond motifs is 1. The van der Waals surface area contributed by atoms with Crippen LogP contribution in [0.2, 0.25) is 0 Å². The van der Waals surface area contributed by atoms with E-state index in [9.17, 15) is 0 Å². The number of rotatable bonds is 9. The van der Waals surface area contributed by atoms with Crippen LogP contribution in [0.3, 0.4) is 0 Å². The van der Waals surface area contributed by atoms with Gasteiger partial charge in [-0.25, -0.2) is 9.97 Å². The second-order valence-electron chi connectivity index (χ2n) is 6.65. The Morgan fingerprint density at radius 3 is 2.76 bits per heavy atom. The summed E-state index contributed by atoms with van der Waals surface area (Å²) in [5.41, 5.74) is 3.71. The van der Waals surface area contributed by atoms with Crippen LogP contribution in [0.15, 0.2) is 49.2 Å². The molecule has 0 saturated carbocycles. The lowest BCUT2D eigenvalue weighted by Crippen LogP contribution is -2.01. The van der Waals surface area contributed by atoms with E-state index in [0.717, 1.165) is 47.3 Å². The van der Waals surface area contributed by atoms with E-state index in [1.54, 1.807) is 30.4 Å². The van der Waals surface area contributed by atoms with Crippen molar-refractivity contribution in [3.8, 4) is 11.1 Å². The van der Waals surface area contributed by atoms with Crippen LogP contribution >= 0.6 is 0 Å². The van der Waals surface area contributed by atoms with Crippen LogP contribution in [-0.4, -0.2) is 55.0 Å². The normalized spacial score (nSPS) is 11.2. The molecule has 1 aromatic carbocycles. The lowest BCUT2D eigenvalue weighted by atomic mass is 10.1. The fourth-order valence-corrected chi connectivity index (χ4v) is 3.05. The highest BCUT2D eigenvalue weighted by Gasteiger charge is 2.07. The minimum Gasteiger partial charge on any atom is -0.394 e. The van der Waals surface area contributed by atoms with Crippen molar-refractivity contribution in [2.75, 3.05) is 25.6 Å². The Hall–Kier alpha value is -3.30. The topological polar surface area (TPSA) is 103 Å². The number of nitrogens with one attached hydrogen (secondary N) is 1. The van der Waals surface area contributed by atoms with Gasteiger partial charge < -0.3 is 15.2 Å². The largest absolute Gasteiger partial charge is 0.394 e. The van der Waals surface area contributed by atoms with E-state index in [4.69, 9.17) is 9.84 Å². The van der Waals surface area contributed by atoms with Crippen molar-refractivity contribution < 1.29 is 9.84 Å². The van der Waals surface area contributed by atoms with Gasteiger partial charge in [-0.05, 0) is 18.1 Å². The number of hydrogen-bond acceptors (Lipinski definition) is 7. The second kappa shape index (κ2) is 8.80. The standard InChI is InChI=1S/C20H23N7O2/c1-29-8-2-5-26-13-17(11-22-26)15-3-4-16-10-21-20(25-19(16)9-15)24-18-12-23-27(14-18)6-7-28/h3-4,9-14,28H,2,5-8H2,1H3,(H,21,24,25). The number of nitrogens with zero attached hydrogens (tertiary/aromatic N) is 6. The SMILES string of the molecule is COCCCn1cc(-c2ccc3cnc(Nc4cnn(CCO)c4)nc3c2)cn1. The molecule has 9 nitrogen and oxygen atoms in total. The van der Waals surface area contributed by atoms with Crippen LogP contribution in [0.4, 0.5) is 11.6 Å². The number of aliphatic hydroxyl groups excluding tert-OH is 1. The zero-order valence-corrected chi connectivity index (χ0v) is 16.2. The minimum absolute atomic E-state index is 0.0410. The van der Waals surface area contributed by atoms with E-state index >= 15 is 0 Å². The summed E-state index contributed by atoms with van der Waals surface area (Å²) in [6.45, 7) is 2.03. The molecule has 3 aromatic heterocycles. The first-order valence-electron chi connectivity index (χ1n) is 9.44. The Morgan fingerprint density at radius 1 is 1.03 bits per heavy atom. The summed E-state index contributed by atoms with van der Waals surface area (Å²) in [5.74, 6) is 0.494. The Bertz CT molecular complexity index is 1090. The number of methoxy groups -OCH3 is 1. The van der Waals surface area contributed by atoms with Crippen molar-refractivity contribution in [1.82, 2.24) is 29.5 Å². The first kappa shape index (κ1) is 19.0. The highest BCUT2D eigenvalue weighted by molar-refractivity contribution is 5.84. The maximum absolute atomic E-state index is 8.99. The molecule has 3 heterocycles. The summed E-state index contributed by atoms with van der Waals surface area (Å²) in [7, 11) is 1.70. The Morgan fingerprint density at radius 2 is 1.90 bits per heavy atom. The smallest absolute Gasteiger partial charge is 0.227 e. The van der Waals surface area contributed by atoms with Crippen molar-refractivity contribution in [3.63, 3.8) is 0 Å². The molecule has 0 saturated heterocycles. The molecular formula is C20H23N7O2. The molecule has 0 unspecified atom stereocenters. The van der Waals surface area contributed by atoms with Crippen molar-refractivity contribution in [1.29, 1.82) is 0 Å². The third-order valence-corrected chi connectivity index (χ3v) is 4.50. The molecule has 0 amide bonds. The third-order valence-electron chi connectivity index (χ3n) is 4.50. The van der Waals surface area contributed by atoms with Crippen molar-refractivity contribution in [2.45, 2.75) is 19.5 Å². The van der Waals surface area contributed by atoms with Gasteiger partial charge in [0.1, 0.15) is 0 Å². The van der Waals surface area contributed by atoms with E-state index in [2.05, 4.69) is 25.5 Å². The zero-order valence-electron chi connectivity index (χ0n) is 16.2. The molecule has 150 valence electrons. The van der Waals surface area contributed by atoms with Gasteiger partial charge in [-0.2, -0.15) is 10.2 Å². The summed E-state index contributed by atoms with van der Waals surface area (Å²) < 4.78 is 8.68. The average molecular weight is 393 g/mol. The molecule has 0 spiro atoms. The van der Waals surface area contributed by atoms with Crippen LogP contribution in [0.25, 0.3) is 22.0 Å². The van der Waals surface area contributed by atoms with Gasteiger partial charge in [0.15, 0.2) is 0 Å². The predicted molar refractivity (Wildman–Crippen MR) is 110 cm³/mol. The average Bonchev–Trinajstić information content (AvgIpc) is 3.38. The lowest BCUT2D eigenvalue weighted by molar-refractivity contribution is 0.189. The number of anilines is 2. The Balaban J connectivity index is 1.53. The quantitative estimate of drug-likeness (QED) is 0.421. The molecule has 9 heteroatoms. The van der Waals surface area contributed by atoms with Gasteiger partial charge in [0, 0.05) is 49.8 Å². The Kier molecular flexibility index (Phi) is 5.78. The summed E-state index contributed by atoms with van der Waals surface area (Å²) in [6, 6.07) is 6.10. The second-order valence-corrected chi connectivity index (χ2v) is 6.65. The molecule has 0 aliphatic heterocycles. The first-order chi connectivity index (χ1) is 14.2. The van der Waals surface area contributed by atoms with E-state index < -0.39 is 0 Å². The molecule has 4 rings (SSSR count). The van der Waals surface area contributed by atoms with Crippen LogP contribution in [0.1, 0.15) is 6.42 Å². The first-order valence-corrected chi connectivity index (χ1v) is 9.44. The van der Waals surface area contributed by atoms with Crippen LogP contribution < -0.4 is 5.32 Å². The lowest BCUT2D eigenvalue weighted by Gasteiger charge is -2.05. The number of hydrogen-bond donors (Lipinski definition) is 2. The highest BCUT2D eigenvalue weighted by Crippen LogP contribution is 2.24. The molecule has 4 aromatic rings. The highest BCUT2D eigenvalue weighted by atomic mass is 16.5. The molecule has 0 bridgehead atoms. The Labute approximate surface area is 168 Å². The number of ether oxygens (including phenoxy) is 1. The number of aryl methyl sites for hydroxylation is 1. The van der Waals surface area contributed by atoms with Crippen LogP contribution in [0, 0.1) is 0 Å². The van der Waals surface area contributed by atoms with Gasteiger partial charge in [-0.1, -0.05) is 12.1 Å². The van der Waals surface area contributed by atoms with Crippen molar-refractivity contribution in [2.24, 2.45) is 0 Å². The van der Waals surface area contributed by atoms with E-state index in [1.807, 2.05) is 35.3 Å². The molecular weight excluding hydrogens is 370 g/mol. The van der Waals surface area contributed by atoms with Crippen molar-refractivity contribution >= 4 is 22.5 Å². The minimum atomic E-state index is 0.0410. The molecule has 0 aliphatic rings. The number of benzene rings is 1. The molecule has 0 aliphatic carbocycles. The predicted octanol–water partition coefficient (Wildman–Crippen LogP) is 2.46. The van der Waals surface area contributed by atoms with Gasteiger partial charge >= 0.3 is 0 Å². The summed E-state index contributed by atoms with van der Waals surface area (Å²) in [5, 5.41) is 21.7. The zero-order chi connectivity index (χ0) is 20.1. The monoisotopic (exact) mass is 393 g/mol. The summed E-state index contributed by atoms with van der Waals surface area (Å²) in [4.78, 5) is 9.00. The summed E-state index contributed by atoms with van der Waals surface area (Å²) in [6.07, 6.45) is 10.1. The van der Waals surface area contributed by atoms with Gasteiger partial charge in [0.2, 0.25) is 5.95 Å². The maximum Gasteiger partial charge on any atom is 0.227 e.